The van der Waals surface area contributed by atoms with Gasteiger partial charge >= 0.3 is 12.1 Å². The van der Waals surface area contributed by atoms with Gasteiger partial charge in [0.05, 0.1) is 12.7 Å². The van der Waals surface area contributed by atoms with E-state index in [1.807, 2.05) is 24.3 Å². The summed E-state index contributed by atoms with van der Waals surface area (Å²) in [7, 11) is 0. The number of hydrogen-bond acceptors (Lipinski definition) is 5. The number of aliphatic carboxylic acids is 1. The van der Waals surface area contributed by atoms with Gasteiger partial charge in [0.2, 0.25) is 5.91 Å². The van der Waals surface area contributed by atoms with Crippen LogP contribution in [0.4, 0.5) is 4.79 Å². The molecule has 1 aliphatic heterocycles. The number of carbonyl (C=O) groups is 3. The molecule has 0 bridgehead atoms. The zero-order chi connectivity index (χ0) is 24.6. The minimum absolute atomic E-state index is 0.0835. The van der Waals surface area contributed by atoms with E-state index in [-0.39, 0.29) is 31.6 Å². The van der Waals surface area contributed by atoms with Crippen molar-refractivity contribution in [2.75, 3.05) is 19.8 Å². The number of morpholine rings is 1. The van der Waals surface area contributed by atoms with Crippen LogP contribution in [0.25, 0.3) is 11.1 Å². The van der Waals surface area contributed by atoms with Crippen LogP contribution in [0.1, 0.15) is 49.7 Å². The van der Waals surface area contributed by atoms with Crippen LogP contribution in [-0.2, 0) is 19.1 Å². The Morgan fingerprint density at radius 1 is 1.06 bits per heavy atom. The Morgan fingerprint density at radius 3 is 2.26 bits per heavy atom. The predicted molar refractivity (Wildman–Crippen MR) is 128 cm³/mol. The number of carboxylic acids is 1. The van der Waals surface area contributed by atoms with Crippen molar-refractivity contribution in [2.24, 2.45) is 0 Å². The number of nitrogens with zero attached hydrogens (tertiary/aromatic N) is 1. The van der Waals surface area contributed by atoms with Gasteiger partial charge in [0, 0.05) is 12.5 Å². The highest BCUT2D eigenvalue weighted by Crippen LogP contribution is 2.44. The van der Waals surface area contributed by atoms with Crippen molar-refractivity contribution in [1.82, 2.24) is 10.2 Å². The monoisotopic (exact) mass is 478 g/mol. The Kier molecular flexibility index (Phi) is 6.23. The molecule has 1 saturated heterocycles. The summed E-state index contributed by atoms with van der Waals surface area (Å²) in [4.78, 5) is 39.9. The molecule has 1 saturated carbocycles. The summed E-state index contributed by atoms with van der Waals surface area (Å²) in [5, 5.41) is 12.6. The van der Waals surface area contributed by atoms with E-state index in [4.69, 9.17) is 9.47 Å². The van der Waals surface area contributed by atoms with Crippen LogP contribution in [0.15, 0.2) is 48.5 Å². The van der Waals surface area contributed by atoms with Crippen LogP contribution in [0.2, 0.25) is 0 Å². The van der Waals surface area contributed by atoms with Gasteiger partial charge in [-0.1, -0.05) is 61.4 Å². The fourth-order valence-electron chi connectivity index (χ4n) is 5.86. The standard InChI is InChI=1S/C27H30N2O6/c1-17-23(24(30)31)29(14-15-34-17)25(32)27(12-6-7-13-27)28-26(33)35-16-22-20-10-4-2-8-18(20)19-9-3-5-11-21(19)22/h2-5,8-11,17,22-23H,6-7,12-16H2,1H3,(H,28,33)(H,30,31). The average Bonchev–Trinajstić information content (AvgIpc) is 3.45. The smallest absolute Gasteiger partial charge is 0.408 e. The van der Waals surface area contributed by atoms with Crippen molar-refractivity contribution in [2.45, 2.75) is 56.2 Å². The lowest BCUT2D eigenvalue weighted by molar-refractivity contribution is -0.168. The molecule has 0 spiro atoms. The summed E-state index contributed by atoms with van der Waals surface area (Å²) in [5.74, 6) is -1.56. The van der Waals surface area contributed by atoms with Crippen molar-refractivity contribution >= 4 is 18.0 Å². The maximum atomic E-state index is 13.6. The summed E-state index contributed by atoms with van der Waals surface area (Å²) in [6, 6.07) is 15.1. The number of ether oxygens (including phenoxy) is 2. The largest absolute Gasteiger partial charge is 0.480 e. The van der Waals surface area contributed by atoms with Gasteiger partial charge in [-0.15, -0.1) is 0 Å². The van der Waals surface area contributed by atoms with Crippen LogP contribution >= 0.6 is 0 Å². The highest BCUT2D eigenvalue weighted by molar-refractivity contribution is 5.93. The minimum Gasteiger partial charge on any atom is -0.480 e. The summed E-state index contributed by atoms with van der Waals surface area (Å²) < 4.78 is 11.2. The third-order valence-electron chi connectivity index (χ3n) is 7.56. The quantitative estimate of drug-likeness (QED) is 0.681. The van der Waals surface area contributed by atoms with Crippen molar-refractivity contribution in [3.05, 3.63) is 59.7 Å². The second kappa shape index (κ2) is 9.34. The maximum Gasteiger partial charge on any atom is 0.408 e. The number of benzene rings is 2. The zero-order valence-electron chi connectivity index (χ0n) is 19.7. The molecule has 2 N–H and O–H groups in total. The van der Waals surface area contributed by atoms with Gasteiger partial charge in [0.25, 0.3) is 0 Å². The molecule has 8 heteroatoms. The molecule has 0 aromatic heterocycles. The number of fused-ring (bicyclic) bond motifs is 3. The normalized spacial score (nSPS) is 22.8. The topological polar surface area (TPSA) is 105 Å². The summed E-state index contributed by atoms with van der Waals surface area (Å²) in [6.45, 7) is 2.24. The van der Waals surface area contributed by atoms with Crippen LogP contribution in [-0.4, -0.2) is 65.4 Å². The Bertz CT molecular complexity index is 1100. The van der Waals surface area contributed by atoms with Gasteiger partial charge in [-0.2, -0.15) is 0 Å². The fraction of sp³-hybridized carbons (Fsp3) is 0.444. The molecule has 0 radical (unpaired) electrons. The Balaban J connectivity index is 1.31. The van der Waals surface area contributed by atoms with E-state index >= 15 is 0 Å². The number of hydrogen-bond donors (Lipinski definition) is 2. The van der Waals surface area contributed by atoms with E-state index in [2.05, 4.69) is 29.6 Å². The lowest BCUT2D eigenvalue weighted by Crippen LogP contribution is -2.65. The highest BCUT2D eigenvalue weighted by Gasteiger charge is 2.49. The first kappa shape index (κ1) is 23.4. The summed E-state index contributed by atoms with van der Waals surface area (Å²) >= 11 is 0. The van der Waals surface area contributed by atoms with Gasteiger partial charge in [-0.25, -0.2) is 9.59 Å². The molecule has 8 nitrogen and oxygen atoms in total. The first-order valence-electron chi connectivity index (χ1n) is 12.2. The van der Waals surface area contributed by atoms with Gasteiger partial charge in [0.15, 0.2) is 6.04 Å². The molecule has 2 aromatic carbocycles. The van der Waals surface area contributed by atoms with E-state index < -0.39 is 29.7 Å². The molecule has 2 fully saturated rings. The molecule has 3 aliphatic rings. The maximum absolute atomic E-state index is 13.6. The molecule has 2 aromatic rings. The molecule has 35 heavy (non-hydrogen) atoms. The number of amides is 2. The highest BCUT2D eigenvalue weighted by atomic mass is 16.5. The fourth-order valence-corrected chi connectivity index (χ4v) is 5.86. The molecule has 2 unspecified atom stereocenters. The molecule has 2 aliphatic carbocycles. The van der Waals surface area contributed by atoms with Gasteiger partial charge in [0.1, 0.15) is 12.1 Å². The summed E-state index contributed by atoms with van der Waals surface area (Å²) in [6.07, 6.45) is 1.16. The second-order valence-corrected chi connectivity index (χ2v) is 9.60. The van der Waals surface area contributed by atoms with Crippen molar-refractivity contribution in [3.63, 3.8) is 0 Å². The number of carbonyl (C=O) groups excluding carboxylic acids is 2. The molecule has 1 heterocycles. The number of rotatable bonds is 5. The minimum atomic E-state index is -1.16. The molecule has 5 rings (SSSR count). The number of alkyl carbamates (subject to hydrolysis) is 1. The van der Waals surface area contributed by atoms with E-state index in [1.54, 1.807) is 6.92 Å². The van der Waals surface area contributed by atoms with Crippen LogP contribution in [0, 0.1) is 0 Å². The molecular weight excluding hydrogens is 448 g/mol. The first-order valence-corrected chi connectivity index (χ1v) is 12.2. The van der Waals surface area contributed by atoms with Crippen LogP contribution in [0.3, 0.4) is 0 Å². The molecule has 184 valence electrons. The van der Waals surface area contributed by atoms with Crippen molar-refractivity contribution in [3.8, 4) is 11.1 Å². The van der Waals surface area contributed by atoms with E-state index in [1.165, 1.54) is 4.90 Å². The third-order valence-corrected chi connectivity index (χ3v) is 7.56. The molecule has 2 atom stereocenters. The molecule has 2 amide bonds. The third kappa shape index (κ3) is 4.16. The van der Waals surface area contributed by atoms with E-state index in [0.29, 0.717) is 12.8 Å². The van der Waals surface area contributed by atoms with Gasteiger partial charge in [-0.3, -0.25) is 4.79 Å². The lowest BCUT2D eigenvalue weighted by Gasteiger charge is -2.42. The Hall–Kier alpha value is -3.39. The van der Waals surface area contributed by atoms with Crippen molar-refractivity contribution in [1.29, 1.82) is 0 Å². The first-order chi connectivity index (χ1) is 16.9. The summed E-state index contributed by atoms with van der Waals surface area (Å²) in [5.41, 5.74) is 3.34. The predicted octanol–water partition coefficient (Wildman–Crippen LogP) is 3.54. The SMILES string of the molecule is CC1OCCN(C(=O)C2(NC(=O)OCC3c4ccccc4-c4ccccc43)CCCC2)C1C(=O)O. The van der Waals surface area contributed by atoms with E-state index in [0.717, 1.165) is 35.1 Å². The Labute approximate surface area is 204 Å². The Morgan fingerprint density at radius 2 is 1.66 bits per heavy atom. The van der Waals surface area contributed by atoms with E-state index in [9.17, 15) is 19.5 Å². The van der Waals surface area contributed by atoms with Crippen LogP contribution in [0.5, 0.6) is 0 Å². The zero-order valence-corrected chi connectivity index (χ0v) is 19.7. The van der Waals surface area contributed by atoms with Gasteiger partial charge in [-0.05, 0) is 42.0 Å². The lowest BCUT2D eigenvalue weighted by atomic mass is 9.93. The number of carboxylic acid groups (broad SMARTS) is 1. The second-order valence-electron chi connectivity index (χ2n) is 9.60. The van der Waals surface area contributed by atoms with Crippen LogP contribution < -0.4 is 5.32 Å². The molecular formula is C27H30N2O6. The van der Waals surface area contributed by atoms with Crippen molar-refractivity contribution < 1.29 is 29.0 Å². The average molecular weight is 479 g/mol. The number of nitrogens with one attached hydrogen (secondary N) is 1. The van der Waals surface area contributed by atoms with Gasteiger partial charge < -0.3 is 24.8 Å².